The van der Waals surface area contributed by atoms with E-state index in [1.54, 1.807) is 12.1 Å². The minimum absolute atomic E-state index is 0.217. The van der Waals surface area contributed by atoms with Crippen molar-refractivity contribution in [3.05, 3.63) is 58.9 Å². The van der Waals surface area contributed by atoms with Crippen molar-refractivity contribution in [3.8, 4) is 11.5 Å². The molecule has 1 aliphatic heterocycles. The number of halogens is 1. The third-order valence-electron chi connectivity index (χ3n) is 3.54. The van der Waals surface area contributed by atoms with Crippen molar-refractivity contribution in [1.82, 2.24) is 0 Å². The molecule has 3 nitrogen and oxygen atoms in total. The van der Waals surface area contributed by atoms with Crippen molar-refractivity contribution in [2.45, 2.75) is 12.5 Å². The first-order chi connectivity index (χ1) is 9.70. The highest BCUT2D eigenvalue weighted by atomic mass is 19.1. The Bertz CT molecular complexity index is 640. The molecule has 20 heavy (non-hydrogen) atoms. The van der Waals surface area contributed by atoms with Gasteiger partial charge in [0.1, 0.15) is 23.4 Å². The SMILES string of the molecule is COc1ccc(C(O)c2cccc3c2OCC3)c(F)c1. The zero-order valence-corrected chi connectivity index (χ0v) is 11.1. The van der Waals surface area contributed by atoms with E-state index in [1.807, 2.05) is 12.1 Å². The van der Waals surface area contributed by atoms with Crippen molar-refractivity contribution < 1.29 is 19.0 Å². The molecule has 1 atom stereocenters. The van der Waals surface area contributed by atoms with E-state index >= 15 is 0 Å². The van der Waals surface area contributed by atoms with Gasteiger partial charge in [-0.15, -0.1) is 0 Å². The van der Waals surface area contributed by atoms with E-state index in [2.05, 4.69) is 0 Å². The lowest BCUT2D eigenvalue weighted by Gasteiger charge is -2.16. The van der Waals surface area contributed by atoms with Crippen molar-refractivity contribution in [3.63, 3.8) is 0 Å². The number of hydrogen-bond acceptors (Lipinski definition) is 3. The lowest BCUT2D eigenvalue weighted by atomic mass is 9.98. The van der Waals surface area contributed by atoms with Crippen molar-refractivity contribution >= 4 is 0 Å². The number of rotatable bonds is 3. The lowest BCUT2D eigenvalue weighted by Crippen LogP contribution is -2.05. The maximum atomic E-state index is 14.0. The highest BCUT2D eigenvalue weighted by molar-refractivity contribution is 5.48. The number of ether oxygens (including phenoxy) is 2. The molecule has 1 heterocycles. The average Bonchev–Trinajstić information content (AvgIpc) is 2.94. The first-order valence-electron chi connectivity index (χ1n) is 6.47. The number of fused-ring (bicyclic) bond motifs is 1. The second kappa shape index (κ2) is 5.13. The van der Waals surface area contributed by atoms with Crippen LogP contribution in [0.15, 0.2) is 36.4 Å². The molecule has 1 aliphatic rings. The normalized spacial score (nSPS) is 14.6. The molecular formula is C16H15FO3. The molecule has 0 spiro atoms. The minimum Gasteiger partial charge on any atom is -0.497 e. The summed E-state index contributed by atoms with van der Waals surface area (Å²) in [5, 5.41) is 10.4. The molecule has 4 heteroatoms. The van der Waals surface area contributed by atoms with Gasteiger partial charge in [-0.1, -0.05) is 18.2 Å². The van der Waals surface area contributed by atoms with Crippen molar-refractivity contribution in [1.29, 1.82) is 0 Å². The molecular weight excluding hydrogens is 259 g/mol. The summed E-state index contributed by atoms with van der Waals surface area (Å²) in [5.41, 5.74) is 1.87. The second-order valence-electron chi connectivity index (χ2n) is 4.72. The summed E-state index contributed by atoms with van der Waals surface area (Å²) in [5.74, 6) is 0.607. The highest BCUT2D eigenvalue weighted by Crippen LogP contribution is 2.37. The van der Waals surface area contributed by atoms with E-state index in [1.165, 1.54) is 19.2 Å². The average molecular weight is 274 g/mol. The second-order valence-corrected chi connectivity index (χ2v) is 4.72. The molecule has 2 aromatic rings. The first-order valence-corrected chi connectivity index (χ1v) is 6.47. The Kier molecular flexibility index (Phi) is 3.32. The number of hydrogen-bond donors (Lipinski definition) is 1. The molecule has 1 unspecified atom stereocenters. The van der Waals surface area contributed by atoms with Gasteiger partial charge in [-0.05, 0) is 17.7 Å². The van der Waals surface area contributed by atoms with Crippen LogP contribution in [-0.2, 0) is 6.42 Å². The number of aliphatic hydroxyl groups excluding tert-OH is 1. The standard InChI is InChI=1S/C16H15FO3/c1-19-11-5-6-12(14(17)9-11)15(18)13-4-2-3-10-7-8-20-16(10)13/h2-6,9,15,18H,7-8H2,1H3. The molecule has 0 aromatic heterocycles. The fraction of sp³-hybridized carbons (Fsp3) is 0.250. The maximum absolute atomic E-state index is 14.0. The van der Waals surface area contributed by atoms with Crippen LogP contribution in [0.5, 0.6) is 11.5 Å². The molecule has 0 saturated carbocycles. The summed E-state index contributed by atoms with van der Waals surface area (Å²) >= 11 is 0. The summed E-state index contributed by atoms with van der Waals surface area (Å²) in [4.78, 5) is 0. The van der Waals surface area contributed by atoms with Crippen LogP contribution >= 0.6 is 0 Å². The van der Waals surface area contributed by atoms with Gasteiger partial charge in [0.05, 0.1) is 13.7 Å². The fourth-order valence-corrected chi connectivity index (χ4v) is 2.48. The van der Waals surface area contributed by atoms with Gasteiger partial charge in [-0.25, -0.2) is 4.39 Å². The van der Waals surface area contributed by atoms with Crippen LogP contribution in [0.3, 0.4) is 0 Å². The predicted octanol–water partition coefficient (Wildman–Crippen LogP) is 2.85. The Morgan fingerprint density at radius 1 is 1.25 bits per heavy atom. The molecule has 2 aromatic carbocycles. The van der Waals surface area contributed by atoms with Crippen LogP contribution in [-0.4, -0.2) is 18.8 Å². The summed E-state index contributed by atoms with van der Waals surface area (Å²) < 4.78 is 24.6. The molecule has 104 valence electrons. The number of para-hydroxylation sites is 1. The van der Waals surface area contributed by atoms with Gasteiger partial charge in [-0.3, -0.25) is 0 Å². The van der Waals surface area contributed by atoms with Crippen LogP contribution in [0.4, 0.5) is 4.39 Å². The quantitative estimate of drug-likeness (QED) is 0.935. The predicted molar refractivity (Wildman–Crippen MR) is 72.7 cm³/mol. The van der Waals surface area contributed by atoms with Gasteiger partial charge in [0, 0.05) is 23.6 Å². The van der Waals surface area contributed by atoms with Gasteiger partial charge in [0.15, 0.2) is 0 Å². The summed E-state index contributed by atoms with van der Waals surface area (Å²) in [6.07, 6.45) is -0.227. The van der Waals surface area contributed by atoms with Crippen molar-refractivity contribution in [2.24, 2.45) is 0 Å². The Labute approximate surface area is 116 Å². The summed E-state index contributed by atoms with van der Waals surface area (Å²) in [7, 11) is 1.47. The summed E-state index contributed by atoms with van der Waals surface area (Å²) in [6.45, 7) is 0.601. The van der Waals surface area contributed by atoms with Gasteiger partial charge in [0.25, 0.3) is 0 Å². The lowest BCUT2D eigenvalue weighted by molar-refractivity contribution is 0.208. The zero-order valence-electron chi connectivity index (χ0n) is 11.1. The molecule has 0 bridgehead atoms. The van der Waals surface area contributed by atoms with E-state index in [0.29, 0.717) is 23.7 Å². The largest absolute Gasteiger partial charge is 0.497 e. The van der Waals surface area contributed by atoms with Gasteiger partial charge >= 0.3 is 0 Å². The van der Waals surface area contributed by atoms with Gasteiger partial charge in [-0.2, -0.15) is 0 Å². The van der Waals surface area contributed by atoms with Crippen molar-refractivity contribution in [2.75, 3.05) is 13.7 Å². The number of methoxy groups -OCH3 is 1. The van der Waals surface area contributed by atoms with Crippen LogP contribution in [0.2, 0.25) is 0 Å². The van der Waals surface area contributed by atoms with E-state index in [4.69, 9.17) is 9.47 Å². The molecule has 1 N–H and O–H groups in total. The third kappa shape index (κ3) is 2.12. The van der Waals surface area contributed by atoms with Crippen LogP contribution in [0.25, 0.3) is 0 Å². The monoisotopic (exact) mass is 274 g/mol. The van der Waals surface area contributed by atoms with Crippen LogP contribution in [0.1, 0.15) is 22.8 Å². The molecule has 0 amide bonds. The van der Waals surface area contributed by atoms with Gasteiger partial charge < -0.3 is 14.6 Å². The molecule has 0 saturated heterocycles. The Balaban J connectivity index is 2.01. The van der Waals surface area contributed by atoms with E-state index in [-0.39, 0.29) is 5.56 Å². The zero-order chi connectivity index (χ0) is 14.1. The molecule has 0 aliphatic carbocycles. The van der Waals surface area contributed by atoms with Crippen LogP contribution in [0, 0.1) is 5.82 Å². The minimum atomic E-state index is -1.05. The van der Waals surface area contributed by atoms with E-state index in [0.717, 1.165) is 12.0 Å². The maximum Gasteiger partial charge on any atom is 0.133 e. The Morgan fingerprint density at radius 3 is 2.85 bits per heavy atom. The smallest absolute Gasteiger partial charge is 0.133 e. The van der Waals surface area contributed by atoms with Gasteiger partial charge in [0.2, 0.25) is 0 Å². The topological polar surface area (TPSA) is 38.7 Å². The van der Waals surface area contributed by atoms with E-state index < -0.39 is 11.9 Å². The highest BCUT2D eigenvalue weighted by Gasteiger charge is 2.23. The van der Waals surface area contributed by atoms with E-state index in [9.17, 15) is 9.50 Å². The molecule has 0 fully saturated rings. The summed E-state index contributed by atoms with van der Waals surface area (Å²) in [6, 6.07) is 10.0. The Hall–Kier alpha value is -2.07. The van der Waals surface area contributed by atoms with Crippen LogP contribution < -0.4 is 9.47 Å². The Morgan fingerprint density at radius 2 is 2.10 bits per heavy atom. The molecule has 3 rings (SSSR count). The number of aliphatic hydroxyl groups is 1. The first kappa shape index (κ1) is 12.9. The fourth-order valence-electron chi connectivity index (χ4n) is 2.48. The number of benzene rings is 2. The molecule has 0 radical (unpaired) electrons. The third-order valence-corrected chi connectivity index (χ3v) is 3.54.